The van der Waals surface area contributed by atoms with E-state index in [1.54, 1.807) is 18.4 Å². The number of hydrogen-bond donors (Lipinski definition) is 0. The molecule has 0 spiro atoms. The number of hydrogen-bond acceptors (Lipinski definition) is 4. The average molecular weight is 403 g/mol. The third-order valence-corrected chi connectivity index (χ3v) is 6.13. The Morgan fingerprint density at radius 3 is 2.31 bits per heavy atom. The number of rotatable bonds is 6. The molecule has 0 unspecified atom stereocenters. The molecule has 0 N–H and O–H groups in total. The summed E-state index contributed by atoms with van der Waals surface area (Å²) in [6.45, 7) is 1.41. The molecule has 1 aromatic heterocycles. The molecule has 3 nitrogen and oxygen atoms in total. The van der Waals surface area contributed by atoms with Gasteiger partial charge in [0.1, 0.15) is 11.5 Å². The molecule has 29 heavy (non-hydrogen) atoms. The van der Waals surface area contributed by atoms with Crippen LogP contribution in [0.2, 0.25) is 0 Å². The number of aryl methyl sites for hydroxylation is 2. The molecule has 0 atom stereocenters. The van der Waals surface area contributed by atoms with E-state index in [1.807, 2.05) is 36.4 Å². The zero-order valence-corrected chi connectivity index (χ0v) is 17.3. The normalized spacial score (nSPS) is 10.8. The molecule has 146 valence electrons. The van der Waals surface area contributed by atoms with Crippen LogP contribution < -0.4 is 9.47 Å². The average Bonchev–Trinajstić information content (AvgIpc) is 3.10. The first-order chi connectivity index (χ1) is 14.1. The third-order valence-electron chi connectivity index (χ3n) is 4.88. The lowest BCUT2D eigenvalue weighted by molar-refractivity contribution is -0.131. The van der Waals surface area contributed by atoms with Crippen LogP contribution in [0, 0.1) is 0 Å². The minimum Gasteiger partial charge on any atom is -0.497 e. The Morgan fingerprint density at radius 2 is 1.62 bits per heavy atom. The summed E-state index contributed by atoms with van der Waals surface area (Å²) in [5.74, 6) is 1.12. The van der Waals surface area contributed by atoms with Crippen molar-refractivity contribution >= 4 is 27.4 Å². The van der Waals surface area contributed by atoms with Crippen molar-refractivity contribution in [2.45, 2.75) is 19.8 Å². The van der Waals surface area contributed by atoms with Crippen LogP contribution in [-0.2, 0) is 17.6 Å². The second kappa shape index (κ2) is 8.50. The molecule has 0 amide bonds. The van der Waals surface area contributed by atoms with Crippen molar-refractivity contribution in [3.63, 3.8) is 0 Å². The van der Waals surface area contributed by atoms with Crippen LogP contribution in [0.1, 0.15) is 18.1 Å². The van der Waals surface area contributed by atoms with Gasteiger partial charge in [0.15, 0.2) is 0 Å². The number of ether oxygens (including phenoxy) is 2. The highest BCUT2D eigenvalue weighted by atomic mass is 32.1. The van der Waals surface area contributed by atoms with Gasteiger partial charge in [0, 0.05) is 16.5 Å². The molecule has 3 aromatic carbocycles. The molecular weight excluding hydrogens is 380 g/mol. The van der Waals surface area contributed by atoms with Crippen molar-refractivity contribution < 1.29 is 14.3 Å². The minimum absolute atomic E-state index is 0.310. The fourth-order valence-corrected chi connectivity index (χ4v) is 4.78. The predicted molar refractivity (Wildman–Crippen MR) is 119 cm³/mol. The summed E-state index contributed by atoms with van der Waals surface area (Å²) in [5, 5.41) is 1.27. The summed E-state index contributed by atoms with van der Waals surface area (Å²) in [7, 11) is 1.69. The van der Waals surface area contributed by atoms with E-state index in [0.29, 0.717) is 5.75 Å². The number of methoxy groups -OCH3 is 1. The van der Waals surface area contributed by atoms with Gasteiger partial charge < -0.3 is 9.47 Å². The molecule has 1 heterocycles. The van der Waals surface area contributed by atoms with Gasteiger partial charge >= 0.3 is 5.97 Å². The van der Waals surface area contributed by atoms with Gasteiger partial charge in [0.25, 0.3) is 0 Å². The Hall–Kier alpha value is -3.11. The van der Waals surface area contributed by atoms with E-state index in [4.69, 9.17) is 9.47 Å². The number of esters is 1. The van der Waals surface area contributed by atoms with E-state index in [1.165, 1.54) is 33.0 Å². The summed E-state index contributed by atoms with van der Waals surface area (Å²) in [6.07, 6.45) is 1.94. The molecule has 0 fully saturated rings. The largest absolute Gasteiger partial charge is 0.497 e. The highest BCUT2D eigenvalue weighted by Crippen LogP contribution is 2.41. The maximum absolute atomic E-state index is 11.2. The first-order valence-corrected chi connectivity index (χ1v) is 10.4. The highest BCUT2D eigenvalue weighted by Gasteiger charge is 2.15. The van der Waals surface area contributed by atoms with E-state index in [0.717, 1.165) is 24.2 Å². The molecule has 0 aliphatic rings. The third kappa shape index (κ3) is 4.33. The topological polar surface area (TPSA) is 35.5 Å². The molecule has 0 aliphatic heterocycles. The van der Waals surface area contributed by atoms with Gasteiger partial charge in [-0.05, 0) is 77.4 Å². The lowest BCUT2D eigenvalue weighted by Gasteiger charge is -2.07. The monoisotopic (exact) mass is 402 g/mol. The van der Waals surface area contributed by atoms with Crippen molar-refractivity contribution in [1.82, 2.24) is 0 Å². The van der Waals surface area contributed by atoms with Crippen molar-refractivity contribution in [3.05, 3.63) is 83.9 Å². The molecule has 0 saturated carbocycles. The zero-order valence-electron chi connectivity index (χ0n) is 16.5. The number of thiophene rings is 1. The summed E-state index contributed by atoms with van der Waals surface area (Å²) in [5.41, 5.74) is 3.80. The van der Waals surface area contributed by atoms with Crippen molar-refractivity contribution in [1.29, 1.82) is 0 Å². The Kier molecular flexibility index (Phi) is 5.63. The SMILES string of the molecule is COc1ccc2c(CCc3ccccc3)c(-c3ccc(OC(C)=O)cc3)sc2c1. The number of carbonyl (C=O) groups is 1. The summed E-state index contributed by atoms with van der Waals surface area (Å²) >= 11 is 1.77. The maximum Gasteiger partial charge on any atom is 0.308 e. The van der Waals surface area contributed by atoms with Crippen LogP contribution in [0.4, 0.5) is 0 Å². The number of benzene rings is 3. The minimum atomic E-state index is -0.310. The summed E-state index contributed by atoms with van der Waals surface area (Å²) in [6, 6.07) is 24.6. The van der Waals surface area contributed by atoms with Crippen LogP contribution in [-0.4, -0.2) is 13.1 Å². The molecule has 4 rings (SSSR count). The van der Waals surface area contributed by atoms with Crippen molar-refractivity contribution in [2.75, 3.05) is 7.11 Å². The maximum atomic E-state index is 11.2. The lowest BCUT2D eigenvalue weighted by atomic mass is 9.99. The van der Waals surface area contributed by atoms with Gasteiger partial charge in [-0.25, -0.2) is 0 Å². The van der Waals surface area contributed by atoms with E-state index < -0.39 is 0 Å². The van der Waals surface area contributed by atoms with E-state index in [2.05, 4.69) is 36.4 Å². The van der Waals surface area contributed by atoms with Crippen LogP contribution >= 0.6 is 11.3 Å². The van der Waals surface area contributed by atoms with Crippen LogP contribution in [0.3, 0.4) is 0 Å². The Balaban J connectivity index is 1.73. The van der Waals surface area contributed by atoms with Gasteiger partial charge in [0.2, 0.25) is 0 Å². The molecule has 0 radical (unpaired) electrons. The van der Waals surface area contributed by atoms with Gasteiger partial charge in [-0.3, -0.25) is 4.79 Å². The Labute approximate surface area is 174 Å². The second-order valence-electron chi connectivity index (χ2n) is 6.88. The van der Waals surface area contributed by atoms with E-state index in [9.17, 15) is 4.79 Å². The second-order valence-corrected chi connectivity index (χ2v) is 7.93. The lowest BCUT2D eigenvalue weighted by Crippen LogP contribution is -2.00. The molecule has 4 aromatic rings. The Bertz CT molecular complexity index is 1130. The molecule has 0 aliphatic carbocycles. The Morgan fingerprint density at radius 1 is 0.897 bits per heavy atom. The van der Waals surface area contributed by atoms with E-state index >= 15 is 0 Å². The summed E-state index contributed by atoms with van der Waals surface area (Å²) in [4.78, 5) is 12.4. The molecular formula is C25H22O3S. The standard InChI is InChI=1S/C25H22O3S/c1-17(26)28-20-11-9-19(10-12-20)25-23(14-8-18-6-4-3-5-7-18)22-15-13-21(27-2)16-24(22)29-25/h3-7,9-13,15-16H,8,14H2,1-2H3. The van der Waals surface area contributed by atoms with Crippen LogP contribution in [0.25, 0.3) is 20.5 Å². The van der Waals surface area contributed by atoms with Gasteiger partial charge in [0.05, 0.1) is 7.11 Å². The number of fused-ring (bicyclic) bond motifs is 1. The number of carbonyl (C=O) groups excluding carboxylic acids is 1. The van der Waals surface area contributed by atoms with Gasteiger partial charge in [-0.15, -0.1) is 11.3 Å². The predicted octanol–water partition coefficient (Wildman–Crippen LogP) is 6.29. The molecule has 4 heteroatoms. The first-order valence-electron chi connectivity index (χ1n) is 9.56. The van der Waals surface area contributed by atoms with Crippen molar-refractivity contribution in [2.24, 2.45) is 0 Å². The van der Waals surface area contributed by atoms with Crippen LogP contribution in [0.5, 0.6) is 11.5 Å². The molecule has 0 bridgehead atoms. The summed E-state index contributed by atoms with van der Waals surface area (Å²) < 4.78 is 11.8. The quantitative estimate of drug-likeness (QED) is 0.281. The van der Waals surface area contributed by atoms with Gasteiger partial charge in [-0.2, -0.15) is 0 Å². The van der Waals surface area contributed by atoms with Gasteiger partial charge in [-0.1, -0.05) is 30.3 Å². The van der Waals surface area contributed by atoms with Crippen molar-refractivity contribution in [3.8, 4) is 21.9 Å². The van der Waals surface area contributed by atoms with Crippen LogP contribution in [0.15, 0.2) is 72.8 Å². The zero-order chi connectivity index (χ0) is 20.2. The fraction of sp³-hybridized carbons (Fsp3) is 0.160. The molecule has 0 saturated heterocycles. The first kappa shape index (κ1) is 19.2. The van der Waals surface area contributed by atoms with E-state index in [-0.39, 0.29) is 5.97 Å². The fourth-order valence-electron chi connectivity index (χ4n) is 3.49. The smallest absolute Gasteiger partial charge is 0.308 e. The highest BCUT2D eigenvalue weighted by molar-refractivity contribution is 7.22.